The van der Waals surface area contributed by atoms with Crippen molar-refractivity contribution in [3.05, 3.63) is 40.4 Å². The van der Waals surface area contributed by atoms with E-state index >= 15 is 0 Å². The smallest absolute Gasteiger partial charge is 0.261 e. The molecule has 0 bridgehead atoms. The Morgan fingerprint density at radius 2 is 1.85 bits per heavy atom. The lowest BCUT2D eigenvalue weighted by Gasteiger charge is -2.39. The molecule has 1 aromatic rings. The Hall–Kier alpha value is -2.28. The van der Waals surface area contributed by atoms with Crippen molar-refractivity contribution in [3.63, 3.8) is 0 Å². The number of hydroxylamine groups is 2. The lowest BCUT2D eigenvalue weighted by molar-refractivity contribution is -0.131. The van der Waals surface area contributed by atoms with Crippen LogP contribution in [0.4, 0.5) is 4.39 Å². The van der Waals surface area contributed by atoms with Crippen LogP contribution in [0.15, 0.2) is 18.2 Å². The maximum Gasteiger partial charge on any atom is 0.261 e. The standard InChI is InChI=1S/C13H10FN2O4/c14-7-1-3-9-10(5-7)13(19)16(12(9)18)8-2-4-11(17)15(20)6-8/h1,3,5,8H,2,4,6H2/q-1. The second-order valence-corrected chi connectivity index (χ2v) is 4.82. The third kappa shape index (κ3) is 1.78. The van der Waals surface area contributed by atoms with E-state index in [1.54, 1.807) is 0 Å². The lowest BCUT2D eigenvalue weighted by atomic mass is 10.1. The molecule has 2 aliphatic heterocycles. The fourth-order valence-corrected chi connectivity index (χ4v) is 2.57. The van der Waals surface area contributed by atoms with E-state index in [4.69, 9.17) is 0 Å². The van der Waals surface area contributed by atoms with E-state index in [2.05, 4.69) is 0 Å². The Kier molecular flexibility index (Phi) is 2.79. The highest BCUT2D eigenvalue weighted by atomic mass is 19.1. The molecule has 0 aliphatic carbocycles. The summed E-state index contributed by atoms with van der Waals surface area (Å²) in [6, 6.07) is 2.73. The molecular weight excluding hydrogens is 267 g/mol. The van der Waals surface area contributed by atoms with Gasteiger partial charge in [-0.3, -0.25) is 19.3 Å². The quantitative estimate of drug-likeness (QED) is 0.714. The van der Waals surface area contributed by atoms with Crippen LogP contribution in [-0.2, 0) is 4.79 Å². The average Bonchev–Trinajstić information content (AvgIpc) is 2.65. The summed E-state index contributed by atoms with van der Waals surface area (Å²) >= 11 is 0. The van der Waals surface area contributed by atoms with E-state index in [9.17, 15) is 24.0 Å². The predicted molar refractivity (Wildman–Crippen MR) is 65.0 cm³/mol. The number of imide groups is 1. The van der Waals surface area contributed by atoms with Crippen molar-refractivity contribution in [1.29, 1.82) is 0 Å². The van der Waals surface area contributed by atoms with Crippen molar-refractivity contribution in [2.24, 2.45) is 0 Å². The molecular formula is C13H10FN2O4-. The first kappa shape index (κ1) is 12.7. The molecule has 0 spiro atoms. The molecule has 0 saturated carbocycles. The van der Waals surface area contributed by atoms with E-state index in [0.29, 0.717) is 0 Å². The Morgan fingerprint density at radius 3 is 2.55 bits per heavy atom. The Balaban J connectivity index is 1.92. The highest BCUT2D eigenvalue weighted by Gasteiger charge is 2.41. The number of hydrogen-bond donors (Lipinski definition) is 0. The van der Waals surface area contributed by atoms with Gasteiger partial charge < -0.3 is 10.3 Å². The summed E-state index contributed by atoms with van der Waals surface area (Å²) in [4.78, 5) is 36.5. The van der Waals surface area contributed by atoms with Crippen LogP contribution in [0.3, 0.4) is 0 Å². The third-order valence-corrected chi connectivity index (χ3v) is 3.59. The molecule has 0 N–H and O–H groups in total. The number of amides is 3. The Labute approximate surface area is 113 Å². The molecule has 3 rings (SSSR count). The van der Waals surface area contributed by atoms with Gasteiger partial charge in [0, 0.05) is 13.0 Å². The van der Waals surface area contributed by atoms with Gasteiger partial charge in [-0.1, -0.05) is 0 Å². The number of nitrogens with zero attached hydrogens (tertiary/aromatic N) is 2. The van der Waals surface area contributed by atoms with Crippen molar-refractivity contribution >= 4 is 17.7 Å². The maximum atomic E-state index is 13.2. The number of rotatable bonds is 1. The van der Waals surface area contributed by atoms with Crippen LogP contribution in [0.1, 0.15) is 33.6 Å². The van der Waals surface area contributed by atoms with Crippen molar-refractivity contribution in [1.82, 2.24) is 9.96 Å². The number of carbonyl (C=O) groups excluding carboxylic acids is 3. The van der Waals surface area contributed by atoms with Gasteiger partial charge in [-0.15, -0.1) is 0 Å². The molecule has 1 aromatic carbocycles. The lowest BCUT2D eigenvalue weighted by Crippen LogP contribution is -2.50. The SMILES string of the molecule is O=C1CCC(N2C(=O)c3ccc(F)cc3C2=O)CN1[O-]. The number of hydrogen-bond acceptors (Lipinski definition) is 4. The van der Waals surface area contributed by atoms with Crippen molar-refractivity contribution in [2.45, 2.75) is 18.9 Å². The fraction of sp³-hybridized carbons (Fsp3) is 0.308. The molecule has 6 nitrogen and oxygen atoms in total. The summed E-state index contributed by atoms with van der Waals surface area (Å²) in [5, 5.41) is 11.6. The zero-order valence-electron chi connectivity index (χ0n) is 10.3. The second kappa shape index (κ2) is 4.38. The molecule has 104 valence electrons. The number of halogens is 1. The van der Waals surface area contributed by atoms with Crippen LogP contribution in [0.2, 0.25) is 0 Å². The summed E-state index contributed by atoms with van der Waals surface area (Å²) < 4.78 is 13.2. The average molecular weight is 277 g/mol. The van der Waals surface area contributed by atoms with Crippen molar-refractivity contribution < 1.29 is 18.8 Å². The van der Waals surface area contributed by atoms with E-state index in [1.165, 1.54) is 6.07 Å². The second-order valence-electron chi connectivity index (χ2n) is 4.82. The highest BCUT2D eigenvalue weighted by molar-refractivity contribution is 6.21. The molecule has 1 atom stereocenters. The monoisotopic (exact) mass is 277 g/mol. The van der Waals surface area contributed by atoms with Gasteiger partial charge in [-0.2, -0.15) is 0 Å². The van der Waals surface area contributed by atoms with E-state index < -0.39 is 29.6 Å². The van der Waals surface area contributed by atoms with Crippen LogP contribution in [-0.4, -0.2) is 40.3 Å². The van der Waals surface area contributed by atoms with Gasteiger partial charge in [0.05, 0.1) is 17.2 Å². The summed E-state index contributed by atoms with van der Waals surface area (Å²) in [6.07, 6.45) is 0.251. The van der Waals surface area contributed by atoms with Crippen LogP contribution in [0.5, 0.6) is 0 Å². The first-order chi connectivity index (χ1) is 9.49. The largest absolute Gasteiger partial charge is 0.756 e. The summed E-state index contributed by atoms with van der Waals surface area (Å²) in [5.74, 6) is -2.31. The first-order valence-corrected chi connectivity index (χ1v) is 6.14. The molecule has 7 heteroatoms. The summed E-state index contributed by atoms with van der Waals surface area (Å²) in [7, 11) is 0. The first-order valence-electron chi connectivity index (χ1n) is 6.14. The highest BCUT2D eigenvalue weighted by Crippen LogP contribution is 2.28. The summed E-state index contributed by atoms with van der Waals surface area (Å²) in [6.45, 7) is -0.229. The molecule has 2 heterocycles. The molecule has 20 heavy (non-hydrogen) atoms. The van der Waals surface area contributed by atoms with Gasteiger partial charge in [0.25, 0.3) is 11.8 Å². The van der Waals surface area contributed by atoms with Crippen LogP contribution in [0, 0.1) is 11.0 Å². The van der Waals surface area contributed by atoms with Gasteiger partial charge in [-0.05, 0) is 24.6 Å². The van der Waals surface area contributed by atoms with Crippen LogP contribution < -0.4 is 0 Å². The normalized spacial score (nSPS) is 22.5. The van der Waals surface area contributed by atoms with Crippen molar-refractivity contribution in [2.75, 3.05) is 6.54 Å². The van der Waals surface area contributed by atoms with Crippen LogP contribution >= 0.6 is 0 Å². The fourth-order valence-electron chi connectivity index (χ4n) is 2.57. The molecule has 1 saturated heterocycles. The molecule has 0 aromatic heterocycles. The zero-order chi connectivity index (χ0) is 14.4. The Morgan fingerprint density at radius 1 is 1.15 bits per heavy atom. The summed E-state index contributed by atoms with van der Waals surface area (Å²) in [5.41, 5.74) is 0.134. The predicted octanol–water partition coefficient (Wildman–Crippen LogP) is 0.911. The van der Waals surface area contributed by atoms with Gasteiger partial charge in [-0.25, -0.2) is 4.39 Å². The number of fused-ring (bicyclic) bond motifs is 1. The molecule has 3 amide bonds. The van der Waals surface area contributed by atoms with Gasteiger partial charge in [0.2, 0.25) is 5.91 Å². The Bertz CT molecular complexity index is 631. The van der Waals surface area contributed by atoms with E-state index in [-0.39, 0.29) is 35.6 Å². The minimum atomic E-state index is -0.652. The number of benzene rings is 1. The number of carbonyl (C=O) groups is 3. The minimum absolute atomic E-state index is 0.00403. The van der Waals surface area contributed by atoms with Gasteiger partial charge >= 0.3 is 0 Å². The number of piperidine rings is 1. The molecule has 2 aliphatic rings. The molecule has 1 fully saturated rings. The van der Waals surface area contributed by atoms with Crippen LogP contribution in [0.25, 0.3) is 0 Å². The zero-order valence-corrected chi connectivity index (χ0v) is 10.3. The molecule has 0 radical (unpaired) electrons. The van der Waals surface area contributed by atoms with Gasteiger partial charge in [0.1, 0.15) is 5.82 Å². The van der Waals surface area contributed by atoms with Crippen molar-refractivity contribution in [3.8, 4) is 0 Å². The van der Waals surface area contributed by atoms with Gasteiger partial charge in [0.15, 0.2) is 0 Å². The molecule has 1 unspecified atom stereocenters. The minimum Gasteiger partial charge on any atom is -0.756 e. The topological polar surface area (TPSA) is 80.8 Å². The maximum absolute atomic E-state index is 13.2. The van der Waals surface area contributed by atoms with E-state index in [1.807, 2.05) is 0 Å². The third-order valence-electron chi connectivity index (χ3n) is 3.59. The van der Waals surface area contributed by atoms with E-state index in [0.717, 1.165) is 17.0 Å².